The van der Waals surface area contributed by atoms with E-state index in [-0.39, 0.29) is 0 Å². The Balaban J connectivity index is 1.76. The minimum Gasteiger partial charge on any atom is -0.357 e. The predicted octanol–water partition coefficient (Wildman–Crippen LogP) is 2.85. The Kier molecular flexibility index (Phi) is 7.00. The van der Waals surface area contributed by atoms with Crippen molar-refractivity contribution in [3.05, 3.63) is 0 Å². The lowest BCUT2D eigenvalue weighted by molar-refractivity contribution is 0.139. The number of rotatable bonds is 8. The van der Waals surface area contributed by atoms with Gasteiger partial charge in [-0.2, -0.15) is 0 Å². The van der Waals surface area contributed by atoms with Crippen molar-refractivity contribution < 1.29 is 0 Å². The van der Waals surface area contributed by atoms with Crippen molar-refractivity contribution in [3.8, 4) is 0 Å². The van der Waals surface area contributed by atoms with Crippen molar-refractivity contribution in [2.24, 2.45) is 16.3 Å². The Bertz CT molecular complexity index is 343. The third-order valence-corrected chi connectivity index (χ3v) is 5.55. The quantitative estimate of drug-likeness (QED) is 0.535. The second kappa shape index (κ2) is 8.76. The summed E-state index contributed by atoms with van der Waals surface area (Å²) in [5, 5.41) is 7.00. The van der Waals surface area contributed by atoms with Crippen LogP contribution in [0.5, 0.6) is 0 Å². The number of nitrogens with one attached hydrogen (secondary N) is 2. The van der Waals surface area contributed by atoms with Crippen LogP contribution in [-0.4, -0.2) is 50.1 Å². The standard InChI is InChI=1S/C18H36N4/c1-4-11-22-12-8-16(14-22)13-20-17(19-6-3)21-15-18(5-2)9-7-10-18/h16H,4-15H2,1-3H3,(H2,19,20,21). The molecule has 0 spiro atoms. The molecule has 4 heteroatoms. The highest BCUT2D eigenvalue weighted by Gasteiger charge is 2.34. The summed E-state index contributed by atoms with van der Waals surface area (Å²) in [5.41, 5.74) is 0.508. The highest BCUT2D eigenvalue weighted by molar-refractivity contribution is 5.79. The van der Waals surface area contributed by atoms with Crippen LogP contribution in [0.25, 0.3) is 0 Å². The van der Waals surface area contributed by atoms with Crippen LogP contribution in [0.15, 0.2) is 4.99 Å². The minimum absolute atomic E-state index is 0.508. The van der Waals surface area contributed by atoms with Crippen LogP contribution in [0.1, 0.15) is 59.3 Å². The Morgan fingerprint density at radius 3 is 2.64 bits per heavy atom. The van der Waals surface area contributed by atoms with E-state index in [9.17, 15) is 0 Å². The molecular weight excluding hydrogens is 272 g/mol. The van der Waals surface area contributed by atoms with Crippen molar-refractivity contribution in [2.75, 3.05) is 39.3 Å². The fourth-order valence-electron chi connectivity index (χ4n) is 3.73. The van der Waals surface area contributed by atoms with Gasteiger partial charge in [-0.1, -0.05) is 20.3 Å². The second-order valence-corrected chi connectivity index (χ2v) is 7.24. The molecule has 0 bridgehead atoms. The molecule has 2 aliphatic rings. The summed E-state index contributed by atoms with van der Waals surface area (Å²) < 4.78 is 0. The van der Waals surface area contributed by atoms with E-state index in [1.165, 1.54) is 58.2 Å². The number of hydrogen-bond donors (Lipinski definition) is 2. The molecule has 0 aromatic carbocycles. The number of nitrogens with zero attached hydrogens (tertiary/aromatic N) is 2. The fraction of sp³-hybridized carbons (Fsp3) is 0.944. The van der Waals surface area contributed by atoms with E-state index in [0.717, 1.165) is 31.5 Å². The first-order valence-corrected chi connectivity index (χ1v) is 9.46. The zero-order chi connectivity index (χ0) is 15.8. The van der Waals surface area contributed by atoms with E-state index in [1.54, 1.807) is 0 Å². The molecule has 2 rings (SSSR count). The van der Waals surface area contributed by atoms with Crippen LogP contribution in [0, 0.1) is 11.3 Å². The normalized spacial score (nSPS) is 25.0. The van der Waals surface area contributed by atoms with Gasteiger partial charge in [0.15, 0.2) is 5.96 Å². The first kappa shape index (κ1) is 17.6. The molecule has 0 aromatic rings. The maximum absolute atomic E-state index is 4.88. The topological polar surface area (TPSA) is 39.7 Å². The molecular formula is C18H36N4. The summed E-state index contributed by atoms with van der Waals surface area (Å²) in [6, 6.07) is 0. The summed E-state index contributed by atoms with van der Waals surface area (Å²) in [6.07, 6.45) is 7.98. The van der Waals surface area contributed by atoms with E-state index in [0.29, 0.717) is 5.41 Å². The van der Waals surface area contributed by atoms with Gasteiger partial charge in [-0.05, 0) is 63.5 Å². The highest BCUT2D eigenvalue weighted by Crippen LogP contribution is 2.43. The summed E-state index contributed by atoms with van der Waals surface area (Å²) in [7, 11) is 0. The molecule has 128 valence electrons. The van der Waals surface area contributed by atoms with Crippen LogP contribution < -0.4 is 10.6 Å². The third kappa shape index (κ3) is 4.87. The monoisotopic (exact) mass is 308 g/mol. The number of guanidine groups is 1. The van der Waals surface area contributed by atoms with Crippen LogP contribution in [-0.2, 0) is 0 Å². The molecule has 1 aliphatic carbocycles. The Labute approximate surface area is 137 Å². The molecule has 1 unspecified atom stereocenters. The summed E-state index contributed by atoms with van der Waals surface area (Å²) >= 11 is 0. The molecule has 0 radical (unpaired) electrons. The van der Waals surface area contributed by atoms with Gasteiger partial charge in [0.25, 0.3) is 0 Å². The van der Waals surface area contributed by atoms with Crippen molar-refractivity contribution in [2.45, 2.75) is 59.3 Å². The van der Waals surface area contributed by atoms with E-state index in [1.807, 2.05) is 0 Å². The molecule has 2 fully saturated rings. The number of hydrogen-bond acceptors (Lipinski definition) is 2. The van der Waals surface area contributed by atoms with Gasteiger partial charge < -0.3 is 15.5 Å². The predicted molar refractivity (Wildman–Crippen MR) is 95.4 cm³/mol. The molecule has 1 saturated carbocycles. The number of aliphatic imine (C=N–C) groups is 1. The minimum atomic E-state index is 0.508. The van der Waals surface area contributed by atoms with Gasteiger partial charge in [0, 0.05) is 26.2 Å². The first-order chi connectivity index (χ1) is 10.7. The van der Waals surface area contributed by atoms with Crippen LogP contribution in [0.3, 0.4) is 0 Å². The average molecular weight is 309 g/mol. The first-order valence-electron chi connectivity index (χ1n) is 9.46. The van der Waals surface area contributed by atoms with E-state index < -0.39 is 0 Å². The Morgan fingerprint density at radius 2 is 2.05 bits per heavy atom. The molecule has 1 saturated heterocycles. The van der Waals surface area contributed by atoms with Gasteiger partial charge in [0.1, 0.15) is 0 Å². The van der Waals surface area contributed by atoms with Crippen molar-refractivity contribution in [3.63, 3.8) is 0 Å². The second-order valence-electron chi connectivity index (χ2n) is 7.24. The molecule has 0 aromatic heterocycles. The van der Waals surface area contributed by atoms with E-state index in [2.05, 4.69) is 36.3 Å². The summed E-state index contributed by atoms with van der Waals surface area (Å²) in [6.45, 7) is 13.5. The van der Waals surface area contributed by atoms with Crippen molar-refractivity contribution in [1.29, 1.82) is 0 Å². The maximum Gasteiger partial charge on any atom is 0.191 e. The maximum atomic E-state index is 4.88. The van der Waals surface area contributed by atoms with Crippen molar-refractivity contribution in [1.82, 2.24) is 15.5 Å². The zero-order valence-electron chi connectivity index (χ0n) is 15.0. The van der Waals surface area contributed by atoms with Gasteiger partial charge in [-0.3, -0.25) is 4.99 Å². The number of likely N-dealkylation sites (tertiary alicyclic amines) is 1. The largest absolute Gasteiger partial charge is 0.357 e. The molecule has 1 heterocycles. The molecule has 0 amide bonds. The Hall–Kier alpha value is -0.770. The van der Waals surface area contributed by atoms with Crippen LogP contribution in [0.4, 0.5) is 0 Å². The van der Waals surface area contributed by atoms with Crippen LogP contribution >= 0.6 is 0 Å². The molecule has 1 atom stereocenters. The SMILES string of the molecule is CCCN1CCC(CNC(=NCC2(CC)CCC2)NCC)C1. The van der Waals surface area contributed by atoms with E-state index >= 15 is 0 Å². The highest BCUT2D eigenvalue weighted by atomic mass is 15.2. The van der Waals surface area contributed by atoms with E-state index in [4.69, 9.17) is 4.99 Å². The summed E-state index contributed by atoms with van der Waals surface area (Å²) in [5.74, 6) is 1.80. The van der Waals surface area contributed by atoms with Gasteiger partial charge in [0.05, 0.1) is 0 Å². The lowest BCUT2D eigenvalue weighted by Crippen LogP contribution is -2.42. The van der Waals surface area contributed by atoms with Crippen LogP contribution in [0.2, 0.25) is 0 Å². The van der Waals surface area contributed by atoms with Gasteiger partial charge >= 0.3 is 0 Å². The van der Waals surface area contributed by atoms with Gasteiger partial charge in [-0.15, -0.1) is 0 Å². The molecule has 1 aliphatic heterocycles. The van der Waals surface area contributed by atoms with Gasteiger partial charge in [0.2, 0.25) is 0 Å². The fourth-order valence-corrected chi connectivity index (χ4v) is 3.73. The lowest BCUT2D eigenvalue weighted by Gasteiger charge is -2.40. The molecule has 4 nitrogen and oxygen atoms in total. The lowest BCUT2D eigenvalue weighted by atomic mass is 9.67. The van der Waals surface area contributed by atoms with Gasteiger partial charge in [-0.25, -0.2) is 0 Å². The van der Waals surface area contributed by atoms with Crippen molar-refractivity contribution >= 4 is 5.96 Å². The summed E-state index contributed by atoms with van der Waals surface area (Å²) in [4.78, 5) is 7.47. The molecule has 2 N–H and O–H groups in total. The smallest absolute Gasteiger partial charge is 0.191 e. The molecule has 22 heavy (non-hydrogen) atoms. The third-order valence-electron chi connectivity index (χ3n) is 5.55. The Morgan fingerprint density at radius 1 is 1.23 bits per heavy atom. The zero-order valence-corrected chi connectivity index (χ0v) is 15.0. The average Bonchev–Trinajstić information content (AvgIpc) is 2.92.